The zero-order valence-electron chi connectivity index (χ0n) is 14.2. The van der Waals surface area contributed by atoms with Crippen molar-refractivity contribution >= 4 is 17.5 Å². The average Bonchev–Trinajstić information content (AvgIpc) is 2.61. The van der Waals surface area contributed by atoms with Gasteiger partial charge in [-0.25, -0.2) is 4.39 Å². The van der Waals surface area contributed by atoms with Crippen LogP contribution in [0.2, 0.25) is 0 Å². The summed E-state index contributed by atoms with van der Waals surface area (Å²) in [5, 5.41) is 0. The van der Waals surface area contributed by atoms with E-state index in [1.165, 1.54) is 12.1 Å². The number of anilines is 1. The van der Waals surface area contributed by atoms with Crippen LogP contribution in [0.25, 0.3) is 0 Å². The van der Waals surface area contributed by atoms with Crippen molar-refractivity contribution in [3.8, 4) is 12.3 Å². The first kappa shape index (κ1) is 17.4. The van der Waals surface area contributed by atoms with Crippen LogP contribution in [0.4, 0.5) is 10.1 Å². The molecule has 0 unspecified atom stereocenters. The zero-order chi connectivity index (χ0) is 17.8. The number of rotatable bonds is 4. The van der Waals surface area contributed by atoms with E-state index in [1.807, 2.05) is 4.90 Å². The standard InChI is InChI=1S/C19H22FN3O2/c1-2-8-21-10-12-22(13-11-21)18(24)7-9-23-17-5-4-16(20)14-15(17)3-6-19(23)25/h1,4-5,14H,3,6-13H2. The molecule has 2 amide bonds. The van der Waals surface area contributed by atoms with Gasteiger partial charge in [0.05, 0.1) is 6.54 Å². The molecule has 0 radical (unpaired) electrons. The molecule has 6 heteroatoms. The normalized spacial score (nSPS) is 18.0. The third-order valence-corrected chi connectivity index (χ3v) is 4.83. The maximum atomic E-state index is 13.4. The van der Waals surface area contributed by atoms with Crippen LogP contribution in [0.1, 0.15) is 18.4 Å². The van der Waals surface area contributed by atoms with Gasteiger partial charge in [0.25, 0.3) is 0 Å². The van der Waals surface area contributed by atoms with Gasteiger partial charge in [-0.3, -0.25) is 14.5 Å². The number of piperazine rings is 1. The van der Waals surface area contributed by atoms with Crippen LogP contribution in [-0.2, 0) is 16.0 Å². The highest BCUT2D eigenvalue weighted by Gasteiger charge is 2.26. The van der Waals surface area contributed by atoms with Gasteiger partial charge in [0.2, 0.25) is 11.8 Å². The maximum absolute atomic E-state index is 13.4. The molecule has 3 rings (SSSR count). The lowest BCUT2D eigenvalue weighted by molar-refractivity contribution is -0.132. The second kappa shape index (κ2) is 7.66. The molecule has 0 aromatic heterocycles. The molecule has 0 bridgehead atoms. The lowest BCUT2D eigenvalue weighted by Crippen LogP contribution is -2.49. The van der Waals surface area contributed by atoms with Crippen molar-refractivity contribution in [2.24, 2.45) is 0 Å². The molecular weight excluding hydrogens is 321 g/mol. The number of fused-ring (bicyclic) bond motifs is 1. The van der Waals surface area contributed by atoms with Crippen LogP contribution in [0.15, 0.2) is 18.2 Å². The maximum Gasteiger partial charge on any atom is 0.227 e. The van der Waals surface area contributed by atoms with Crippen molar-refractivity contribution in [1.82, 2.24) is 9.80 Å². The van der Waals surface area contributed by atoms with E-state index in [9.17, 15) is 14.0 Å². The molecule has 1 aromatic rings. The molecule has 132 valence electrons. The first-order valence-corrected chi connectivity index (χ1v) is 8.61. The Morgan fingerprint density at radius 3 is 2.68 bits per heavy atom. The lowest BCUT2D eigenvalue weighted by atomic mass is 10.0. The molecule has 0 atom stereocenters. The highest BCUT2D eigenvalue weighted by molar-refractivity contribution is 5.97. The number of benzene rings is 1. The van der Waals surface area contributed by atoms with E-state index < -0.39 is 0 Å². The monoisotopic (exact) mass is 343 g/mol. The summed E-state index contributed by atoms with van der Waals surface area (Å²) in [6.07, 6.45) is 6.49. The van der Waals surface area contributed by atoms with E-state index in [2.05, 4.69) is 10.8 Å². The summed E-state index contributed by atoms with van der Waals surface area (Å²) >= 11 is 0. The van der Waals surface area contributed by atoms with E-state index >= 15 is 0 Å². The molecule has 5 nitrogen and oxygen atoms in total. The molecule has 1 fully saturated rings. The van der Waals surface area contributed by atoms with E-state index in [-0.39, 0.29) is 24.1 Å². The molecule has 1 aromatic carbocycles. The van der Waals surface area contributed by atoms with Gasteiger partial charge >= 0.3 is 0 Å². The quantitative estimate of drug-likeness (QED) is 0.774. The Kier molecular flexibility index (Phi) is 5.34. The summed E-state index contributed by atoms with van der Waals surface area (Å²) in [6, 6.07) is 4.46. The van der Waals surface area contributed by atoms with Crippen molar-refractivity contribution in [2.45, 2.75) is 19.3 Å². The summed E-state index contributed by atoms with van der Waals surface area (Å²) in [6.45, 7) is 3.83. The Labute approximate surface area is 147 Å². The summed E-state index contributed by atoms with van der Waals surface area (Å²) in [5.74, 6) is 2.36. The van der Waals surface area contributed by atoms with E-state index in [0.29, 0.717) is 39.0 Å². The van der Waals surface area contributed by atoms with E-state index in [1.54, 1.807) is 11.0 Å². The molecule has 0 aliphatic carbocycles. The number of halogens is 1. The van der Waals surface area contributed by atoms with Crippen LogP contribution >= 0.6 is 0 Å². The zero-order valence-corrected chi connectivity index (χ0v) is 14.2. The number of nitrogens with zero attached hydrogens (tertiary/aromatic N) is 3. The van der Waals surface area contributed by atoms with Crippen molar-refractivity contribution in [2.75, 3.05) is 44.2 Å². The number of terminal acetylenes is 1. The Hall–Kier alpha value is -2.39. The predicted molar refractivity (Wildman–Crippen MR) is 93.5 cm³/mol. The van der Waals surface area contributed by atoms with Crippen molar-refractivity contribution in [3.63, 3.8) is 0 Å². The van der Waals surface area contributed by atoms with Crippen LogP contribution in [0.3, 0.4) is 0 Å². The third kappa shape index (κ3) is 3.99. The minimum atomic E-state index is -0.297. The first-order chi connectivity index (χ1) is 12.1. The van der Waals surface area contributed by atoms with Gasteiger partial charge in [0.15, 0.2) is 0 Å². The Morgan fingerprint density at radius 2 is 1.96 bits per heavy atom. The number of hydrogen-bond donors (Lipinski definition) is 0. The number of carbonyl (C=O) groups is 2. The molecule has 0 spiro atoms. The molecule has 1 saturated heterocycles. The van der Waals surface area contributed by atoms with Crippen molar-refractivity contribution in [3.05, 3.63) is 29.6 Å². The minimum Gasteiger partial charge on any atom is -0.340 e. The molecule has 2 heterocycles. The first-order valence-electron chi connectivity index (χ1n) is 8.61. The predicted octanol–water partition coefficient (Wildman–Crippen LogP) is 1.27. The molecule has 25 heavy (non-hydrogen) atoms. The van der Waals surface area contributed by atoms with Crippen LogP contribution in [0, 0.1) is 18.2 Å². The lowest BCUT2D eigenvalue weighted by Gasteiger charge is -2.34. The SMILES string of the molecule is C#CCN1CCN(C(=O)CCN2C(=O)CCc3cc(F)ccc32)CC1. The van der Waals surface area contributed by atoms with Crippen molar-refractivity contribution < 1.29 is 14.0 Å². The van der Waals surface area contributed by atoms with Crippen molar-refractivity contribution in [1.29, 1.82) is 0 Å². The fraction of sp³-hybridized carbons (Fsp3) is 0.474. The number of carbonyl (C=O) groups excluding carboxylic acids is 2. The number of hydrogen-bond acceptors (Lipinski definition) is 3. The molecule has 0 N–H and O–H groups in total. The van der Waals surface area contributed by atoms with Gasteiger partial charge in [-0.1, -0.05) is 5.92 Å². The Bertz CT molecular complexity index is 705. The van der Waals surface area contributed by atoms with Gasteiger partial charge < -0.3 is 9.80 Å². The smallest absolute Gasteiger partial charge is 0.227 e. The summed E-state index contributed by atoms with van der Waals surface area (Å²) < 4.78 is 13.4. The topological polar surface area (TPSA) is 43.9 Å². The van der Waals surface area contributed by atoms with Gasteiger partial charge in [0, 0.05) is 51.3 Å². The molecule has 2 aliphatic rings. The van der Waals surface area contributed by atoms with Crippen LogP contribution < -0.4 is 4.90 Å². The van der Waals surface area contributed by atoms with Gasteiger partial charge in [0.1, 0.15) is 5.82 Å². The van der Waals surface area contributed by atoms with E-state index in [4.69, 9.17) is 6.42 Å². The summed E-state index contributed by atoms with van der Waals surface area (Å²) in [5.41, 5.74) is 1.55. The summed E-state index contributed by atoms with van der Waals surface area (Å²) in [4.78, 5) is 30.3. The highest BCUT2D eigenvalue weighted by atomic mass is 19.1. The average molecular weight is 343 g/mol. The summed E-state index contributed by atoms with van der Waals surface area (Å²) in [7, 11) is 0. The number of amides is 2. The van der Waals surface area contributed by atoms with Crippen LogP contribution in [-0.4, -0.2) is 60.9 Å². The Balaban J connectivity index is 1.58. The van der Waals surface area contributed by atoms with Gasteiger partial charge in [-0.2, -0.15) is 0 Å². The highest BCUT2D eigenvalue weighted by Crippen LogP contribution is 2.28. The van der Waals surface area contributed by atoms with Crippen LogP contribution in [0.5, 0.6) is 0 Å². The van der Waals surface area contributed by atoms with Gasteiger partial charge in [-0.05, 0) is 30.2 Å². The second-order valence-electron chi connectivity index (χ2n) is 6.43. The molecular formula is C19H22FN3O2. The molecule has 0 saturated carbocycles. The fourth-order valence-corrected chi connectivity index (χ4v) is 3.42. The minimum absolute atomic E-state index is 0.00857. The fourth-order valence-electron chi connectivity index (χ4n) is 3.42. The second-order valence-corrected chi connectivity index (χ2v) is 6.43. The third-order valence-electron chi connectivity index (χ3n) is 4.83. The number of aryl methyl sites for hydroxylation is 1. The Morgan fingerprint density at radius 1 is 1.20 bits per heavy atom. The van der Waals surface area contributed by atoms with E-state index in [0.717, 1.165) is 24.3 Å². The molecule has 2 aliphatic heterocycles. The largest absolute Gasteiger partial charge is 0.340 e. The van der Waals surface area contributed by atoms with Gasteiger partial charge in [-0.15, -0.1) is 6.42 Å².